The Morgan fingerprint density at radius 3 is 2.79 bits per heavy atom. The lowest BCUT2D eigenvalue weighted by Gasteiger charge is -2.11. The summed E-state index contributed by atoms with van der Waals surface area (Å²) in [5.74, 6) is 1.52. The van der Waals surface area contributed by atoms with E-state index in [-0.39, 0.29) is 0 Å². The highest BCUT2D eigenvalue weighted by molar-refractivity contribution is 5.42. The summed E-state index contributed by atoms with van der Waals surface area (Å²) in [5.41, 5.74) is 2.02. The molecule has 102 valence electrons. The van der Waals surface area contributed by atoms with Crippen molar-refractivity contribution >= 4 is 0 Å². The van der Waals surface area contributed by atoms with Gasteiger partial charge in [0.15, 0.2) is 11.5 Å². The molecule has 2 aromatic rings. The van der Waals surface area contributed by atoms with Gasteiger partial charge in [-0.15, -0.1) is 0 Å². The van der Waals surface area contributed by atoms with E-state index in [0.717, 1.165) is 29.3 Å². The predicted octanol–water partition coefficient (Wildman–Crippen LogP) is 2.37. The molecule has 0 aliphatic carbocycles. The normalized spacial score (nSPS) is 10.4. The fourth-order valence-electron chi connectivity index (χ4n) is 1.76. The molecule has 1 aromatic carbocycles. The number of ether oxygens (including phenoxy) is 2. The van der Waals surface area contributed by atoms with Crippen molar-refractivity contribution in [3.05, 3.63) is 41.8 Å². The van der Waals surface area contributed by atoms with Crippen LogP contribution in [0.3, 0.4) is 0 Å². The lowest BCUT2D eigenvalue weighted by molar-refractivity contribution is 0.310. The third kappa shape index (κ3) is 3.72. The Hall–Kier alpha value is -2.01. The smallest absolute Gasteiger partial charge is 0.161 e. The molecule has 0 aliphatic heterocycles. The second kappa shape index (κ2) is 6.80. The van der Waals surface area contributed by atoms with Crippen LogP contribution in [0, 0.1) is 0 Å². The lowest BCUT2D eigenvalue weighted by atomic mass is 10.2. The van der Waals surface area contributed by atoms with Crippen LogP contribution in [0.25, 0.3) is 0 Å². The van der Waals surface area contributed by atoms with Gasteiger partial charge in [-0.05, 0) is 24.6 Å². The topological polar surface area (TPSA) is 56.5 Å². The number of rotatable bonds is 7. The SMILES string of the molecule is CCOc1cc(CNCc2ccon2)ccc1OC. The summed E-state index contributed by atoms with van der Waals surface area (Å²) < 4.78 is 15.6. The van der Waals surface area contributed by atoms with Crippen molar-refractivity contribution in [3.8, 4) is 11.5 Å². The second-order valence-electron chi connectivity index (χ2n) is 4.01. The molecule has 0 saturated carbocycles. The minimum absolute atomic E-state index is 0.617. The van der Waals surface area contributed by atoms with E-state index in [4.69, 9.17) is 14.0 Å². The largest absolute Gasteiger partial charge is 0.493 e. The zero-order chi connectivity index (χ0) is 13.5. The molecule has 1 heterocycles. The van der Waals surface area contributed by atoms with Gasteiger partial charge in [0.2, 0.25) is 0 Å². The predicted molar refractivity (Wildman–Crippen MR) is 71.2 cm³/mol. The van der Waals surface area contributed by atoms with Crippen LogP contribution in [0.1, 0.15) is 18.2 Å². The Balaban J connectivity index is 1.94. The lowest BCUT2D eigenvalue weighted by Crippen LogP contribution is -2.13. The first-order chi connectivity index (χ1) is 9.33. The Bertz CT molecular complexity index is 497. The van der Waals surface area contributed by atoms with Crippen molar-refractivity contribution in [3.63, 3.8) is 0 Å². The van der Waals surface area contributed by atoms with Gasteiger partial charge >= 0.3 is 0 Å². The van der Waals surface area contributed by atoms with E-state index in [9.17, 15) is 0 Å². The molecule has 0 fully saturated rings. The van der Waals surface area contributed by atoms with E-state index < -0.39 is 0 Å². The van der Waals surface area contributed by atoms with Crippen LogP contribution in [0.15, 0.2) is 35.1 Å². The summed E-state index contributed by atoms with van der Waals surface area (Å²) in [6.07, 6.45) is 1.57. The van der Waals surface area contributed by atoms with Crippen LogP contribution in [-0.4, -0.2) is 18.9 Å². The highest BCUT2D eigenvalue weighted by Crippen LogP contribution is 2.27. The van der Waals surface area contributed by atoms with Gasteiger partial charge in [-0.2, -0.15) is 0 Å². The molecule has 0 saturated heterocycles. The summed E-state index contributed by atoms with van der Waals surface area (Å²) in [7, 11) is 1.64. The van der Waals surface area contributed by atoms with Gasteiger partial charge in [0.25, 0.3) is 0 Å². The summed E-state index contributed by atoms with van der Waals surface area (Å²) in [5, 5.41) is 7.13. The molecule has 0 radical (unpaired) electrons. The first kappa shape index (κ1) is 13.4. The third-order valence-corrected chi connectivity index (χ3v) is 2.65. The molecule has 1 aromatic heterocycles. The van der Waals surface area contributed by atoms with E-state index in [1.165, 1.54) is 0 Å². The first-order valence-corrected chi connectivity index (χ1v) is 6.23. The van der Waals surface area contributed by atoms with Crippen LogP contribution in [0.5, 0.6) is 11.5 Å². The Morgan fingerprint density at radius 2 is 2.11 bits per heavy atom. The molecule has 0 amide bonds. The molecule has 5 nitrogen and oxygen atoms in total. The molecule has 0 bridgehead atoms. The molecule has 19 heavy (non-hydrogen) atoms. The van der Waals surface area contributed by atoms with Gasteiger partial charge in [-0.1, -0.05) is 11.2 Å². The standard InChI is InChI=1S/C14H18N2O3/c1-3-18-14-8-11(4-5-13(14)17-2)9-15-10-12-6-7-19-16-12/h4-8,15H,3,9-10H2,1-2H3. The molecule has 1 N–H and O–H groups in total. The molecular formula is C14H18N2O3. The molecular weight excluding hydrogens is 244 g/mol. The van der Waals surface area contributed by atoms with Crippen LogP contribution < -0.4 is 14.8 Å². The average Bonchev–Trinajstić information content (AvgIpc) is 2.93. The van der Waals surface area contributed by atoms with Gasteiger partial charge < -0.3 is 19.3 Å². The zero-order valence-corrected chi connectivity index (χ0v) is 11.2. The molecule has 0 atom stereocenters. The zero-order valence-electron chi connectivity index (χ0n) is 11.2. The average molecular weight is 262 g/mol. The number of methoxy groups -OCH3 is 1. The second-order valence-corrected chi connectivity index (χ2v) is 4.01. The minimum atomic E-state index is 0.617. The first-order valence-electron chi connectivity index (χ1n) is 6.23. The van der Waals surface area contributed by atoms with E-state index in [1.807, 2.05) is 31.2 Å². The van der Waals surface area contributed by atoms with Crippen LogP contribution in [0.2, 0.25) is 0 Å². The monoisotopic (exact) mass is 262 g/mol. The van der Waals surface area contributed by atoms with Gasteiger partial charge in [0.05, 0.1) is 19.4 Å². The Kier molecular flexibility index (Phi) is 4.80. The van der Waals surface area contributed by atoms with Gasteiger partial charge in [-0.3, -0.25) is 0 Å². The van der Waals surface area contributed by atoms with Gasteiger partial charge in [0, 0.05) is 19.2 Å². The van der Waals surface area contributed by atoms with E-state index in [0.29, 0.717) is 13.2 Å². The molecule has 0 unspecified atom stereocenters. The number of aromatic nitrogens is 1. The summed E-state index contributed by atoms with van der Waals surface area (Å²) in [6, 6.07) is 7.75. The summed E-state index contributed by atoms with van der Waals surface area (Å²) in [4.78, 5) is 0. The van der Waals surface area contributed by atoms with Gasteiger partial charge in [-0.25, -0.2) is 0 Å². The summed E-state index contributed by atoms with van der Waals surface area (Å²) in [6.45, 7) is 3.98. The van der Waals surface area contributed by atoms with Crippen LogP contribution in [0.4, 0.5) is 0 Å². The number of hydrogen-bond acceptors (Lipinski definition) is 5. The van der Waals surface area contributed by atoms with Crippen molar-refractivity contribution in [1.29, 1.82) is 0 Å². The highest BCUT2D eigenvalue weighted by Gasteiger charge is 2.05. The van der Waals surface area contributed by atoms with E-state index in [2.05, 4.69) is 10.5 Å². The van der Waals surface area contributed by atoms with Crippen molar-refractivity contribution in [2.24, 2.45) is 0 Å². The fraction of sp³-hybridized carbons (Fsp3) is 0.357. The molecule has 0 aliphatic rings. The number of hydrogen-bond donors (Lipinski definition) is 1. The van der Waals surface area contributed by atoms with E-state index >= 15 is 0 Å². The van der Waals surface area contributed by atoms with Crippen molar-refractivity contribution in [1.82, 2.24) is 10.5 Å². The molecule has 0 spiro atoms. The van der Waals surface area contributed by atoms with Gasteiger partial charge in [0.1, 0.15) is 6.26 Å². The van der Waals surface area contributed by atoms with Crippen LogP contribution >= 0.6 is 0 Å². The van der Waals surface area contributed by atoms with Crippen molar-refractivity contribution < 1.29 is 14.0 Å². The number of benzene rings is 1. The maximum absolute atomic E-state index is 5.54. The maximum Gasteiger partial charge on any atom is 0.161 e. The minimum Gasteiger partial charge on any atom is -0.493 e. The highest BCUT2D eigenvalue weighted by atomic mass is 16.5. The Morgan fingerprint density at radius 1 is 1.21 bits per heavy atom. The quantitative estimate of drug-likeness (QED) is 0.830. The van der Waals surface area contributed by atoms with Crippen LogP contribution in [-0.2, 0) is 13.1 Å². The third-order valence-electron chi connectivity index (χ3n) is 2.65. The van der Waals surface area contributed by atoms with Crippen molar-refractivity contribution in [2.75, 3.05) is 13.7 Å². The Labute approximate surface area is 112 Å². The van der Waals surface area contributed by atoms with E-state index in [1.54, 1.807) is 13.4 Å². The molecule has 2 rings (SSSR count). The number of nitrogens with zero attached hydrogens (tertiary/aromatic N) is 1. The number of nitrogens with one attached hydrogen (secondary N) is 1. The van der Waals surface area contributed by atoms with Crippen molar-refractivity contribution in [2.45, 2.75) is 20.0 Å². The fourth-order valence-corrected chi connectivity index (χ4v) is 1.76. The maximum atomic E-state index is 5.54. The summed E-state index contributed by atoms with van der Waals surface area (Å²) >= 11 is 0. The molecule has 5 heteroatoms.